The van der Waals surface area contributed by atoms with E-state index in [1.165, 1.54) is 10.4 Å². The van der Waals surface area contributed by atoms with Gasteiger partial charge in [0.15, 0.2) is 0 Å². The number of sulfonamides is 1. The van der Waals surface area contributed by atoms with Crippen LogP contribution < -0.4 is 5.73 Å². The molecule has 0 saturated heterocycles. The van der Waals surface area contributed by atoms with Crippen LogP contribution in [0.4, 0.5) is 0 Å². The van der Waals surface area contributed by atoms with Crippen molar-refractivity contribution < 1.29 is 12.8 Å². The number of nitrogens with zero attached hydrogens (tertiary/aromatic N) is 1. The van der Waals surface area contributed by atoms with Crippen LogP contribution in [-0.2, 0) is 16.6 Å². The van der Waals surface area contributed by atoms with Gasteiger partial charge in [-0.15, -0.1) is 0 Å². The predicted octanol–water partition coefficient (Wildman–Crippen LogP) is 0.689. The van der Waals surface area contributed by atoms with Gasteiger partial charge in [-0.3, -0.25) is 0 Å². The summed E-state index contributed by atoms with van der Waals surface area (Å²) in [7, 11) is -3.49. The normalized spacial score (nSPS) is 17.8. The van der Waals surface area contributed by atoms with E-state index >= 15 is 0 Å². The predicted molar refractivity (Wildman–Crippen MR) is 59.1 cm³/mol. The lowest BCUT2D eigenvalue weighted by Crippen LogP contribution is -2.33. The fraction of sp³-hybridized carbons (Fsp3) is 0.400. The Morgan fingerprint density at radius 2 is 2.19 bits per heavy atom. The molecule has 0 fully saturated rings. The Hall–Kier alpha value is -1.11. The van der Waals surface area contributed by atoms with E-state index in [0.29, 0.717) is 18.8 Å². The molecule has 2 heterocycles. The molecule has 1 aromatic rings. The number of rotatable bonds is 3. The average molecular weight is 242 g/mol. The van der Waals surface area contributed by atoms with Gasteiger partial charge in [0.1, 0.15) is 5.76 Å². The first-order valence-electron chi connectivity index (χ1n) is 5.08. The van der Waals surface area contributed by atoms with Crippen LogP contribution in [-0.4, -0.2) is 25.8 Å². The van der Waals surface area contributed by atoms with Crippen molar-refractivity contribution in [3.63, 3.8) is 0 Å². The maximum absolute atomic E-state index is 12.1. The van der Waals surface area contributed by atoms with Crippen molar-refractivity contribution in [1.29, 1.82) is 0 Å². The number of hydrogen-bond acceptors (Lipinski definition) is 4. The van der Waals surface area contributed by atoms with Gasteiger partial charge in [0.05, 0.1) is 6.54 Å². The van der Waals surface area contributed by atoms with Gasteiger partial charge in [-0.1, -0.05) is 12.2 Å². The van der Waals surface area contributed by atoms with Crippen molar-refractivity contribution >= 4 is 10.0 Å². The van der Waals surface area contributed by atoms with Crippen LogP contribution in [0.5, 0.6) is 0 Å². The molecule has 5 nitrogen and oxygen atoms in total. The zero-order chi connectivity index (χ0) is 11.6. The summed E-state index contributed by atoms with van der Waals surface area (Å²) in [6, 6.07) is 3.04. The molecule has 0 radical (unpaired) electrons. The lowest BCUT2D eigenvalue weighted by atomic mass is 10.3. The molecular weight excluding hydrogens is 228 g/mol. The van der Waals surface area contributed by atoms with Crippen molar-refractivity contribution in [2.24, 2.45) is 5.73 Å². The van der Waals surface area contributed by atoms with E-state index in [9.17, 15) is 8.42 Å². The highest BCUT2D eigenvalue weighted by atomic mass is 32.2. The third-order valence-corrected chi connectivity index (χ3v) is 4.19. The molecule has 1 aromatic heterocycles. The van der Waals surface area contributed by atoms with Crippen LogP contribution >= 0.6 is 0 Å². The summed E-state index contributed by atoms with van der Waals surface area (Å²) >= 11 is 0. The molecule has 0 spiro atoms. The summed E-state index contributed by atoms with van der Waals surface area (Å²) in [5.41, 5.74) is 5.37. The smallest absolute Gasteiger partial charge is 0.276 e. The molecule has 0 aliphatic carbocycles. The SMILES string of the molecule is NCc1ccc(S(=O)(=O)N2CC=CCC2)o1. The van der Waals surface area contributed by atoms with Gasteiger partial charge in [0.2, 0.25) is 5.09 Å². The molecule has 2 N–H and O–H groups in total. The van der Waals surface area contributed by atoms with E-state index in [1.54, 1.807) is 6.07 Å². The molecule has 0 aromatic carbocycles. The first-order chi connectivity index (χ1) is 7.64. The van der Waals surface area contributed by atoms with Crippen LogP contribution in [0.3, 0.4) is 0 Å². The van der Waals surface area contributed by atoms with Gasteiger partial charge in [-0.05, 0) is 18.6 Å². The van der Waals surface area contributed by atoms with Crippen molar-refractivity contribution in [3.8, 4) is 0 Å². The highest BCUT2D eigenvalue weighted by molar-refractivity contribution is 7.89. The second kappa shape index (κ2) is 4.40. The zero-order valence-corrected chi connectivity index (χ0v) is 9.61. The summed E-state index contributed by atoms with van der Waals surface area (Å²) in [5, 5.41) is -0.0248. The molecule has 0 saturated carbocycles. The van der Waals surface area contributed by atoms with Gasteiger partial charge >= 0.3 is 0 Å². The minimum atomic E-state index is -3.49. The molecule has 0 atom stereocenters. The van der Waals surface area contributed by atoms with Gasteiger partial charge in [0, 0.05) is 13.1 Å². The Morgan fingerprint density at radius 3 is 2.75 bits per heavy atom. The maximum atomic E-state index is 12.1. The topological polar surface area (TPSA) is 76.5 Å². The van der Waals surface area contributed by atoms with E-state index in [0.717, 1.165) is 6.42 Å². The fourth-order valence-corrected chi connectivity index (χ4v) is 2.91. The highest BCUT2D eigenvalue weighted by Gasteiger charge is 2.27. The summed E-state index contributed by atoms with van der Waals surface area (Å²) in [6.07, 6.45) is 4.55. The lowest BCUT2D eigenvalue weighted by molar-refractivity contribution is 0.378. The second-order valence-corrected chi connectivity index (χ2v) is 5.42. The highest BCUT2D eigenvalue weighted by Crippen LogP contribution is 2.20. The Balaban J connectivity index is 2.27. The molecule has 2 rings (SSSR count). The molecule has 88 valence electrons. The zero-order valence-electron chi connectivity index (χ0n) is 8.80. The maximum Gasteiger partial charge on any atom is 0.276 e. The quantitative estimate of drug-likeness (QED) is 0.791. The number of hydrogen-bond donors (Lipinski definition) is 1. The molecule has 0 amide bonds. The van der Waals surface area contributed by atoms with Crippen LogP contribution in [0.2, 0.25) is 0 Å². The summed E-state index contributed by atoms with van der Waals surface area (Å²) in [4.78, 5) is 0. The van der Waals surface area contributed by atoms with E-state index in [4.69, 9.17) is 10.2 Å². The third-order valence-electron chi connectivity index (χ3n) is 2.45. The molecular formula is C10H14N2O3S. The third kappa shape index (κ3) is 2.04. The van der Waals surface area contributed by atoms with Crippen LogP contribution in [0.1, 0.15) is 12.2 Å². The van der Waals surface area contributed by atoms with E-state index in [2.05, 4.69) is 0 Å². The summed E-state index contributed by atoms with van der Waals surface area (Å²) in [5.74, 6) is 0.478. The fourth-order valence-electron chi connectivity index (χ4n) is 1.57. The van der Waals surface area contributed by atoms with Gasteiger partial charge < -0.3 is 10.2 Å². The molecule has 16 heavy (non-hydrogen) atoms. The Bertz CT molecular complexity index is 490. The average Bonchev–Trinajstić information content (AvgIpc) is 2.79. The minimum absolute atomic E-state index is 0.0248. The van der Waals surface area contributed by atoms with Crippen LogP contribution in [0.25, 0.3) is 0 Å². The number of nitrogens with two attached hydrogens (primary N) is 1. The molecule has 0 unspecified atom stereocenters. The first kappa shape index (κ1) is 11.4. The molecule has 0 bridgehead atoms. The monoisotopic (exact) mass is 242 g/mol. The van der Waals surface area contributed by atoms with Crippen molar-refractivity contribution in [2.75, 3.05) is 13.1 Å². The minimum Gasteiger partial charge on any atom is -0.447 e. The van der Waals surface area contributed by atoms with E-state index < -0.39 is 10.0 Å². The van der Waals surface area contributed by atoms with Crippen molar-refractivity contribution in [3.05, 3.63) is 30.0 Å². The second-order valence-electron chi connectivity index (χ2n) is 3.55. The largest absolute Gasteiger partial charge is 0.447 e. The Labute approximate surface area is 94.6 Å². The number of furan rings is 1. The van der Waals surface area contributed by atoms with Gasteiger partial charge in [0.25, 0.3) is 10.0 Å². The lowest BCUT2D eigenvalue weighted by Gasteiger charge is -2.21. The molecule has 1 aliphatic rings. The van der Waals surface area contributed by atoms with Crippen LogP contribution in [0.15, 0.2) is 33.8 Å². The van der Waals surface area contributed by atoms with E-state index in [1.807, 2.05) is 12.2 Å². The summed E-state index contributed by atoms with van der Waals surface area (Å²) < 4.78 is 30.7. The standard InChI is InChI=1S/C10H14N2O3S/c11-8-9-4-5-10(15-9)16(13,14)12-6-2-1-3-7-12/h1-2,4-5H,3,6-8,11H2. The van der Waals surface area contributed by atoms with Gasteiger partial charge in [-0.2, -0.15) is 4.31 Å². The van der Waals surface area contributed by atoms with Gasteiger partial charge in [-0.25, -0.2) is 8.42 Å². The molecule has 6 heteroatoms. The van der Waals surface area contributed by atoms with Crippen molar-refractivity contribution in [2.45, 2.75) is 18.1 Å². The summed E-state index contributed by atoms with van der Waals surface area (Å²) in [6.45, 7) is 1.11. The van der Waals surface area contributed by atoms with E-state index in [-0.39, 0.29) is 11.6 Å². The van der Waals surface area contributed by atoms with Crippen LogP contribution in [0, 0.1) is 0 Å². The first-order valence-corrected chi connectivity index (χ1v) is 6.52. The Morgan fingerprint density at radius 1 is 1.38 bits per heavy atom. The molecule has 1 aliphatic heterocycles. The van der Waals surface area contributed by atoms with Crippen molar-refractivity contribution in [1.82, 2.24) is 4.31 Å². The Kier molecular flexibility index (Phi) is 3.13.